The number of phenols is 1. The smallest absolute Gasteiger partial charge is 0.257 e. The van der Waals surface area contributed by atoms with Crippen LogP contribution >= 0.6 is 22.9 Å². The van der Waals surface area contributed by atoms with Crippen LogP contribution in [0, 0.1) is 0 Å². The summed E-state index contributed by atoms with van der Waals surface area (Å²) in [6.45, 7) is 3.77. The average Bonchev–Trinajstić information content (AvgIpc) is 3.65. The number of phenolic OH excluding ortho intramolecular Hbond substituents is 1. The van der Waals surface area contributed by atoms with Crippen LogP contribution in [0.3, 0.4) is 0 Å². The van der Waals surface area contributed by atoms with E-state index >= 15 is 0 Å². The molecule has 1 saturated heterocycles. The fourth-order valence-electron chi connectivity index (χ4n) is 6.26. The van der Waals surface area contributed by atoms with Crippen LogP contribution in [0.1, 0.15) is 46.0 Å². The number of nitrogens with zero attached hydrogens (tertiary/aromatic N) is 2. The largest absolute Gasteiger partial charge is 0.508 e. The summed E-state index contributed by atoms with van der Waals surface area (Å²) in [4.78, 5) is 19.5. The summed E-state index contributed by atoms with van der Waals surface area (Å²) in [5.74, 6) is -0.0380. The van der Waals surface area contributed by atoms with Gasteiger partial charge in [0.25, 0.3) is 5.91 Å². The molecule has 2 N–H and O–H groups in total. The van der Waals surface area contributed by atoms with E-state index in [9.17, 15) is 9.90 Å². The molecule has 1 amide bonds. The van der Waals surface area contributed by atoms with E-state index < -0.39 is 0 Å². The minimum atomic E-state index is -0.225. The van der Waals surface area contributed by atoms with Gasteiger partial charge < -0.3 is 15.3 Å². The highest BCUT2D eigenvalue weighted by Gasteiger charge is 2.32. The SMILES string of the molecule is O=C(Nc1ccccc1)C1=CN(Cc2sc3ccccc3c2Cl)C(c2ccc(CN3CCCC3)cc2)c2cc(O)ccc21. The van der Waals surface area contributed by atoms with Crippen LogP contribution in [0.15, 0.2) is 103 Å². The molecule has 0 saturated carbocycles. The summed E-state index contributed by atoms with van der Waals surface area (Å²) in [5, 5.41) is 15.5. The minimum absolute atomic E-state index is 0.166. The van der Waals surface area contributed by atoms with Gasteiger partial charge in [0, 0.05) is 33.4 Å². The van der Waals surface area contributed by atoms with Gasteiger partial charge >= 0.3 is 0 Å². The first-order valence-corrected chi connectivity index (χ1v) is 15.9. The number of hydrogen-bond acceptors (Lipinski definition) is 5. The van der Waals surface area contributed by atoms with Crippen molar-refractivity contribution in [2.45, 2.75) is 32.0 Å². The number of hydrogen-bond donors (Lipinski definition) is 2. The molecule has 7 heteroatoms. The van der Waals surface area contributed by atoms with E-state index in [1.165, 1.54) is 18.4 Å². The van der Waals surface area contributed by atoms with Crippen molar-refractivity contribution in [1.82, 2.24) is 9.80 Å². The molecule has 43 heavy (non-hydrogen) atoms. The molecule has 0 bridgehead atoms. The second-order valence-corrected chi connectivity index (χ2v) is 12.8. The fourth-order valence-corrected chi connectivity index (χ4v) is 7.76. The summed E-state index contributed by atoms with van der Waals surface area (Å²) >= 11 is 8.62. The molecule has 1 aromatic heterocycles. The van der Waals surface area contributed by atoms with Gasteiger partial charge in [-0.3, -0.25) is 9.69 Å². The first-order valence-electron chi connectivity index (χ1n) is 14.7. The molecule has 0 radical (unpaired) electrons. The van der Waals surface area contributed by atoms with Crippen molar-refractivity contribution >= 4 is 50.2 Å². The molecule has 1 unspecified atom stereocenters. The molecule has 0 spiro atoms. The van der Waals surface area contributed by atoms with Gasteiger partial charge in [-0.15, -0.1) is 11.3 Å². The maximum absolute atomic E-state index is 13.8. The number of carbonyl (C=O) groups excluding carboxylic acids is 1. The van der Waals surface area contributed by atoms with Gasteiger partial charge in [-0.1, -0.05) is 78.3 Å². The normalized spacial score (nSPS) is 16.7. The number of nitrogens with one attached hydrogen (secondary N) is 1. The molecule has 5 nitrogen and oxygen atoms in total. The second-order valence-electron chi connectivity index (χ2n) is 11.3. The highest BCUT2D eigenvalue weighted by molar-refractivity contribution is 7.19. The standard InChI is InChI=1S/C36H32ClN3O2S/c37-34-29-10-4-5-11-32(29)43-33(34)23-40-22-31(36(42)38-26-8-2-1-3-9-26)28-17-16-27(41)20-30(28)35(40)25-14-12-24(13-15-25)21-39-18-6-7-19-39/h1-5,8-17,20,22,35,41H,6-7,18-19,21,23H2,(H,38,42). The van der Waals surface area contributed by atoms with E-state index in [0.29, 0.717) is 12.1 Å². The Morgan fingerprint density at radius 2 is 1.65 bits per heavy atom. The quantitative estimate of drug-likeness (QED) is 0.195. The van der Waals surface area contributed by atoms with Gasteiger partial charge in [0.05, 0.1) is 23.2 Å². The van der Waals surface area contributed by atoms with Gasteiger partial charge in [0.1, 0.15) is 5.75 Å². The van der Waals surface area contributed by atoms with Crippen LogP contribution < -0.4 is 5.32 Å². The van der Waals surface area contributed by atoms with E-state index in [1.54, 1.807) is 23.5 Å². The fraction of sp³-hybridized carbons (Fsp3) is 0.194. The van der Waals surface area contributed by atoms with Crippen LogP contribution in [0.25, 0.3) is 15.7 Å². The molecule has 3 heterocycles. The molecule has 5 aromatic rings. The number of halogens is 1. The summed E-state index contributed by atoms with van der Waals surface area (Å²) in [6, 6.07) is 31.5. The van der Waals surface area contributed by atoms with E-state index in [1.807, 2.05) is 60.8 Å². The van der Waals surface area contributed by atoms with Gasteiger partial charge in [0.2, 0.25) is 0 Å². The van der Waals surface area contributed by atoms with Crippen molar-refractivity contribution in [3.05, 3.63) is 135 Å². The Morgan fingerprint density at radius 1 is 0.907 bits per heavy atom. The van der Waals surface area contributed by atoms with Crippen LogP contribution in [0.2, 0.25) is 5.02 Å². The Labute approximate surface area is 260 Å². The molecule has 7 rings (SSSR count). The average molecular weight is 606 g/mol. The van der Waals surface area contributed by atoms with Crippen molar-refractivity contribution in [2.24, 2.45) is 0 Å². The third kappa shape index (κ3) is 5.66. The van der Waals surface area contributed by atoms with Crippen LogP contribution in [0.4, 0.5) is 5.69 Å². The Bertz CT molecular complexity index is 1810. The second kappa shape index (κ2) is 11.9. The molecule has 0 aliphatic carbocycles. The van der Waals surface area contributed by atoms with Gasteiger partial charge in [-0.2, -0.15) is 0 Å². The maximum atomic E-state index is 13.8. The van der Waals surface area contributed by atoms with E-state index in [0.717, 1.165) is 62.0 Å². The number of benzene rings is 4. The van der Waals surface area contributed by atoms with Gasteiger partial charge in [0.15, 0.2) is 0 Å². The lowest BCUT2D eigenvalue weighted by atomic mass is 9.86. The predicted molar refractivity (Wildman–Crippen MR) is 176 cm³/mol. The topological polar surface area (TPSA) is 55.8 Å². The van der Waals surface area contributed by atoms with Crippen LogP contribution in [0.5, 0.6) is 5.75 Å². The van der Waals surface area contributed by atoms with Crippen molar-refractivity contribution < 1.29 is 9.90 Å². The summed E-state index contributed by atoms with van der Waals surface area (Å²) in [5.41, 5.74) is 5.33. The first-order chi connectivity index (χ1) is 21.0. The van der Waals surface area contributed by atoms with Crippen molar-refractivity contribution in [1.29, 1.82) is 0 Å². The highest BCUT2D eigenvalue weighted by Crippen LogP contribution is 2.44. The van der Waals surface area contributed by atoms with Crippen molar-refractivity contribution in [3.63, 3.8) is 0 Å². The molecule has 1 fully saturated rings. The lowest BCUT2D eigenvalue weighted by Crippen LogP contribution is -2.31. The maximum Gasteiger partial charge on any atom is 0.257 e. The van der Waals surface area contributed by atoms with Crippen molar-refractivity contribution in [2.75, 3.05) is 18.4 Å². The third-order valence-electron chi connectivity index (χ3n) is 8.35. The molecule has 2 aliphatic heterocycles. The zero-order valence-corrected chi connectivity index (χ0v) is 25.2. The molecule has 1 atom stereocenters. The Balaban J connectivity index is 1.31. The third-order valence-corrected chi connectivity index (χ3v) is 10.1. The number of anilines is 1. The number of likely N-dealkylation sites (tertiary alicyclic amines) is 1. The number of carbonyl (C=O) groups is 1. The number of para-hydroxylation sites is 1. The number of aromatic hydroxyl groups is 1. The van der Waals surface area contributed by atoms with Crippen LogP contribution in [-0.4, -0.2) is 33.9 Å². The Kier molecular flexibility index (Phi) is 7.66. The van der Waals surface area contributed by atoms with Crippen LogP contribution in [-0.2, 0) is 17.9 Å². The lowest BCUT2D eigenvalue weighted by molar-refractivity contribution is -0.111. The number of amides is 1. The van der Waals surface area contributed by atoms with Gasteiger partial charge in [-0.25, -0.2) is 0 Å². The zero-order valence-electron chi connectivity index (χ0n) is 23.7. The highest BCUT2D eigenvalue weighted by atomic mass is 35.5. The van der Waals surface area contributed by atoms with Gasteiger partial charge in [-0.05, 0) is 78.5 Å². The summed E-state index contributed by atoms with van der Waals surface area (Å²) in [6.07, 6.45) is 4.49. The summed E-state index contributed by atoms with van der Waals surface area (Å²) in [7, 11) is 0. The number of fused-ring (bicyclic) bond motifs is 2. The number of thiophene rings is 1. The van der Waals surface area contributed by atoms with E-state index in [4.69, 9.17) is 11.6 Å². The molecule has 216 valence electrons. The first kappa shape index (κ1) is 27.7. The monoisotopic (exact) mass is 605 g/mol. The number of rotatable bonds is 7. The zero-order chi connectivity index (χ0) is 29.3. The molecule has 4 aromatic carbocycles. The Morgan fingerprint density at radius 3 is 2.42 bits per heavy atom. The summed E-state index contributed by atoms with van der Waals surface area (Å²) < 4.78 is 1.13. The lowest BCUT2D eigenvalue weighted by Gasteiger charge is -2.37. The minimum Gasteiger partial charge on any atom is -0.508 e. The van der Waals surface area contributed by atoms with E-state index in [2.05, 4.69) is 45.4 Å². The Hall–Kier alpha value is -4.10. The van der Waals surface area contributed by atoms with E-state index in [-0.39, 0.29) is 17.7 Å². The predicted octanol–water partition coefficient (Wildman–Crippen LogP) is 8.44. The molecular formula is C36H32ClN3O2S. The van der Waals surface area contributed by atoms with Crippen molar-refractivity contribution in [3.8, 4) is 5.75 Å². The molecular weight excluding hydrogens is 574 g/mol. The molecule has 2 aliphatic rings.